The molecule has 0 amide bonds. The van der Waals surface area contributed by atoms with E-state index in [9.17, 15) is 0 Å². The van der Waals surface area contributed by atoms with Crippen LogP contribution in [0.25, 0.3) is 0 Å². The minimum Gasteiger partial charge on any atom is -0.370 e. The maximum atomic E-state index is 4.36. The van der Waals surface area contributed by atoms with E-state index in [1.165, 1.54) is 25.7 Å². The Morgan fingerprint density at radius 1 is 1.11 bits per heavy atom. The van der Waals surface area contributed by atoms with Crippen molar-refractivity contribution >= 4 is 11.6 Å². The molecule has 19 heavy (non-hydrogen) atoms. The summed E-state index contributed by atoms with van der Waals surface area (Å²) in [4.78, 5) is 8.63. The van der Waals surface area contributed by atoms with Gasteiger partial charge in [-0.25, -0.2) is 9.97 Å². The lowest BCUT2D eigenvalue weighted by Crippen LogP contribution is -2.21. The van der Waals surface area contributed by atoms with Crippen LogP contribution in [0.2, 0.25) is 0 Å². The van der Waals surface area contributed by atoms with Crippen molar-refractivity contribution in [2.75, 3.05) is 23.7 Å². The van der Waals surface area contributed by atoms with E-state index in [-0.39, 0.29) is 0 Å². The van der Waals surface area contributed by atoms with E-state index in [1.54, 1.807) is 6.33 Å². The molecule has 0 atom stereocenters. The van der Waals surface area contributed by atoms with Gasteiger partial charge in [0.05, 0.1) is 0 Å². The standard InChI is InChI=1S/C15H26N4/c1-4-16-14-12(3)15(19-10-18-14)17-9-13-7-5-11(2)6-8-13/h10-11,13H,4-9H2,1-3H3,(H2,16,17,18,19). The lowest BCUT2D eigenvalue weighted by atomic mass is 9.83. The second kappa shape index (κ2) is 6.73. The first-order valence-corrected chi connectivity index (χ1v) is 7.50. The average Bonchev–Trinajstić information content (AvgIpc) is 2.42. The molecule has 1 saturated carbocycles. The van der Waals surface area contributed by atoms with Crippen LogP contribution in [0.5, 0.6) is 0 Å². The number of rotatable bonds is 5. The highest BCUT2D eigenvalue weighted by Crippen LogP contribution is 2.28. The third-order valence-electron chi connectivity index (χ3n) is 4.12. The number of hydrogen-bond acceptors (Lipinski definition) is 4. The lowest BCUT2D eigenvalue weighted by molar-refractivity contribution is 0.300. The third kappa shape index (κ3) is 3.82. The average molecular weight is 262 g/mol. The van der Waals surface area contributed by atoms with Crippen molar-refractivity contribution < 1.29 is 0 Å². The molecule has 1 aliphatic rings. The molecule has 0 saturated heterocycles. The quantitative estimate of drug-likeness (QED) is 0.853. The Labute approximate surface area is 116 Å². The number of hydrogen-bond donors (Lipinski definition) is 2. The molecule has 0 aliphatic heterocycles. The molecule has 106 valence electrons. The van der Waals surface area contributed by atoms with Crippen molar-refractivity contribution in [3.8, 4) is 0 Å². The van der Waals surface area contributed by atoms with E-state index < -0.39 is 0 Å². The van der Waals surface area contributed by atoms with Gasteiger partial charge in [0.2, 0.25) is 0 Å². The monoisotopic (exact) mass is 262 g/mol. The van der Waals surface area contributed by atoms with Gasteiger partial charge in [-0.05, 0) is 38.5 Å². The predicted octanol–water partition coefficient (Wildman–Crippen LogP) is 3.46. The van der Waals surface area contributed by atoms with Crippen LogP contribution in [0.1, 0.15) is 45.1 Å². The van der Waals surface area contributed by atoms with E-state index in [4.69, 9.17) is 0 Å². The molecule has 4 heteroatoms. The van der Waals surface area contributed by atoms with E-state index >= 15 is 0 Å². The van der Waals surface area contributed by atoms with E-state index in [2.05, 4.69) is 41.4 Å². The smallest absolute Gasteiger partial charge is 0.134 e. The first-order valence-electron chi connectivity index (χ1n) is 7.50. The summed E-state index contributed by atoms with van der Waals surface area (Å²) in [5.74, 6) is 3.63. The topological polar surface area (TPSA) is 49.8 Å². The molecule has 0 unspecified atom stereocenters. The maximum Gasteiger partial charge on any atom is 0.134 e. The normalized spacial score (nSPS) is 23.1. The van der Waals surface area contributed by atoms with Gasteiger partial charge in [0.25, 0.3) is 0 Å². The molecule has 0 bridgehead atoms. The number of nitrogens with one attached hydrogen (secondary N) is 2. The number of nitrogens with zero attached hydrogens (tertiary/aromatic N) is 2. The Hall–Kier alpha value is -1.32. The zero-order chi connectivity index (χ0) is 13.7. The molecular weight excluding hydrogens is 236 g/mol. The molecule has 0 spiro atoms. The van der Waals surface area contributed by atoms with Gasteiger partial charge in [0.1, 0.15) is 18.0 Å². The van der Waals surface area contributed by atoms with Crippen LogP contribution in [-0.2, 0) is 0 Å². The fraction of sp³-hybridized carbons (Fsp3) is 0.733. The van der Waals surface area contributed by atoms with Crippen LogP contribution >= 0.6 is 0 Å². The molecule has 1 fully saturated rings. The summed E-state index contributed by atoms with van der Waals surface area (Å²) in [5.41, 5.74) is 1.12. The highest BCUT2D eigenvalue weighted by atomic mass is 15.1. The minimum absolute atomic E-state index is 0.799. The summed E-state index contributed by atoms with van der Waals surface area (Å²) in [5, 5.41) is 6.77. The van der Waals surface area contributed by atoms with Gasteiger partial charge in [0.15, 0.2) is 0 Å². The zero-order valence-corrected chi connectivity index (χ0v) is 12.4. The van der Waals surface area contributed by atoms with E-state index in [0.717, 1.165) is 42.1 Å². The summed E-state index contributed by atoms with van der Waals surface area (Å²) < 4.78 is 0. The van der Waals surface area contributed by atoms with Crippen LogP contribution in [0.3, 0.4) is 0 Å². The number of aromatic nitrogens is 2. The van der Waals surface area contributed by atoms with Gasteiger partial charge >= 0.3 is 0 Å². The predicted molar refractivity (Wildman–Crippen MR) is 80.5 cm³/mol. The van der Waals surface area contributed by atoms with Gasteiger partial charge in [-0.15, -0.1) is 0 Å². The molecule has 2 rings (SSSR count). The maximum absolute atomic E-state index is 4.36. The molecular formula is C15H26N4. The van der Waals surface area contributed by atoms with Crippen molar-refractivity contribution in [2.45, 2.75) is 46.5 Å². The Morgan fingerprint density at radius 3 is 2.37 bits per heavy atom. The lowest BCUT2D eigenvalue weighted by Gasteiger charge is -2.26. The summed E-state index contributed by atoms with van der Waals surface area (Å²) in [7, 11) is 0. The van der Waals surface area contributed by atoms with Crippen molar-refractivity contribution in [3.05, 3.63) is 11.9 Å². The van der Waals surface area contributed by atoms with E-state index in [0.29, 0.717) is 0 Å². The molecule has 2 N–H and O–H groups in total. The molecule has 4 nitrogen and oxygen atoms in total. The largest absolute Gasteiger partial charge is 0.370 e. The Kier molecular flexibility index (Phi) is 5.00. The summed E-state index contributed by atoms with van der Waals surface area (Å²) in [6.07, 6.45) is 7.07. The summed E-state index contributed by atoms with van der Waals surface area (Å²) in [6, 6.07) is 0. The van der Waals surface area contributed by atoms with Crippen molar-refractivity contribution in [1.29, 1.82) is 0 Å². The van der Waals surface area contributed by atoms with Crippen LogP contribution in [0.15, 0.2) is 6.33 Å². The van der Waals surface area contributed by atoms with Gasteiger partial charge < -0.3 is 10.6 Å². The molecule has 1 aromatic heterocycles. The number of anilines is 2. The van der Waals surface area contributed by atoms with Gasteiger partial charge in [-0.2, -0.15) is 0 Å². The molecule has 1 heterocycles. The molecule has 1 aliphatic carbocycles. The van der Waals surface area contributed by atoms with Crippen LogP contribution in [0.4, 0.5) is 11.6 Å². The SMILES string of the molecule is CCNc1ncnc(NCC2CCC(C)CC2)c1C. The molecule has 1 aromatic rings. The highest BCUT2D eigenvalue weighted by molar-refractivity contribution is 5.56. The molecule has 0 aromatic carbocycles. The van der Waals surface area contributed by atoms with Gasteiger partial charge in [-0.3, -0.25) is 0 Å². The minimum atomic E-state index is 0.799. The third-order valence-corrected chi connectivity index (χ3v) is 4.12. The summed E-state index contributed by atoms with van der Waals surface area (Å²) >= 11 is 0. The van der Waals surface area contributed by atoms with Gasteiger partial charge in [-0.1, -0.05) is 19.8 Å². The second-order valence-corrected chi connectivity index (χ2v) is 5.73. The van der Waals surface area contributed by atoms with E-state index in [1.807, 2.05) is 0 Å². The van der Waals surface area contributed by atoms with Crippen LogP contribution in [0, 0.1) is 18.8 Å². The highest BCUT2D eigenvalue weighted by Gasteiger charge is 2.18. The van der Waals surface area contributed by atoms with Crippen molar-refractivity contribution in [3.63, 3.8) is 0 Å². The zero-order valence-electron chi connectivity index (χ0n) is 12.4. The first-order chi connectivity index (χ1) is 9.20. The van der Waals surface area contributed by atoms with Gasteiger partial charge in [0, 0.05) is 18.7 Å². The Balaban J connectivity index is 1.90. The summed E-state index contributed by atoms with van der Waals surface area (Å²) in [6.45, 7) is 8.44. The Bertz CT molecular complexity index is 397. The van der Waals surface area contributed by atoms with Crippen LogP contribution < -0.4 is 10.6 Å². The van der Waals surface area contributed by atoms with Crippen molar-refractivity contribution in [2.24, 2.45) is 11.8 Å². The van der Waals surface area contributed by atoms with Crippen molar-refractivity contribution in [1.82, 2.24) is 9.97 Å². The fourth-order valence-corrected chi connectivity index (χ4v) is 2.75. The Morgan fingerprint density at radius 2 is 1.74 bits per heavy atom. The second-order valence-electron chi connectivity index (χ2n) is 5.73. The first kappa shape index (κ1) is 14.1. The van der Waals surface area contributed by atoms with Crippen LogP contribution in [-0.4, -0.2) is 23.1 Å². The molecule has 0 radical (unpaired) electrons. The fourth-order valence-electron chi connectivity index (χ4n) is 2.75.